The van der Waals surface area contributed by atoms with E-state index in [1.54, 1.807) is 0 Å². The lowest BCUT2D eigenvalue weighted by Crippen LogP contribution is -2.41. The van der Waals surface area contributed by atoms with Crippen molar-refractivity contribution in [2.24, 2.45) is 0 Å². The molecule has 0 aromatic heterocycles. The number of ether oxygens (including phenoxy) is 1. The second-order valence-corrected chi connectivity index (χ2v) is 4.58. The quantitative estimate of drug-likeness (QED) is 0.350. The van der Waals surface area contributed by atoms with E-state index in [1.165, 1.54) is 6.92 Å². The molecule has 0 N–H and O–H groups in total. The zero-order valence-electron chi connectivity index (χ0n) is 11.5. The highest BCUT2D eigenvalue weighted by molar-refractivity contribution is 5.86. The SMILES string of the molecule is C=C(C)C(=O)OCC(F)C(F)C(F)C(F)C(F)CCCF. The lowest BCUT2D eigenvalue weighted by atomic mass is 10.0. The molecule has 0 fully saturated rings. The molecule has 0 aliphatic rings. The second-order valence-electron chi connectivity index (χ2n) is 4.58. The summed E-state index contributed by atoms with van der Waals surface area (Å²) in [5, 5.41) is 0. The predicted octanol–water partition coefficient (Wildman–Crippen LogP) is 3.55. The molecule has 0 rings (SSSR count). The molecule has 124 valence electrons. The highest BCUT2D eigenvalue weighted by atomic mass is 19.2. The van der Waals surface area contributed by atoms with Gasteiger partial charge in [0.05, 0.1) is 6.67 Å². The van der Waals surface area contributed by atoms with Crippen LogP contribution in [0.4, 0.5) is 26.3 Å². The summed E-state index contributed by atoms with van der Waals surface area (Å²) < 4.78 is 82.3. The molecule has 0 aliphatic heterocycles. The van der Waals surface area contributed by atoms with Gasteiger partial charge >= 0.3 is 5.97 Å². The van der Waals surface area contributed by atoms with Gasteiger partial charge in [0.1, 0.15) is 12.8 Å². The fourth-order valence-corrected chi connectivity index (χ4v) is 1.38. The monoisotopic (exact) mass is 320 g/mol. The van der Waals surface area contributed by atoms with Gasteiger partial charge in [-0.3, -0.25) is 4.39 Å². The molecule has 8 heteroatoms. The van der Waals surface area contributed by atoms with E-state index in [4.69, 9.17) is 0 Å². The van der Waals surface area contributed by atoms with Crippen LogP contribution in [0.5, 0.6) is 0 Å². The van der Waals surface area contributed by atoms with Gasteiger partial charge in [0, 0.05) is 5.57 Å². The summed E-state index contributed by atoms with van der Waals surface area (Å²) in [6.07, 6.45) is -15.0. The van der Waals surface area contributed by atoms with E-state index >= 15 is 0 Å². The van der Waals surface area contributed by atoms with Crippen molar-refractivity contribution in [3.05, 3.63) is 12.2 Å². The Labute approximate surface area is 119 Å². The van der Waals surface area contributed by atoms with Crippen molar-refractivity contribution >= 4 is 5.97 Å². The number of halogens is 6. The molecule has 0 aliphatic carbocycles. The Morgan fingerprint density at radius 1 is 1.05 bits per heavy atom. The van der Waals surface area contributed by atoms with Gasteiger partial charge in [-0.1, -0.05) is 6.58 Å². The molecule has 0 radical (unpaired) electrons. The third-order valence-electron chi connectivity index (χ3n) is 2.64. The van der Waals surface area contributed by atoms with Gasteiger partial charge in [-0.25, -0.2) is 26.7 Å². The van der Waals surface area contributed by atoms with E-state index in [1.807, 2.05) is 0 Å². The van der Waals surface area contributed by atoms with Crippen molar-refractivity contribution in [2.45, 2.75) is 50.6 Å². The molecule has 0 heterocycles. The van der Waals surface area contributed by atoms with Crippen LogP contribution in [-0.4, -0.2) is 50.1 Å². The minimum atomic E-state index is -3.07. The molecule has 2 nitrogen and oxygen atoms in total. The number of rotatable bonds is 10. The highest BCUT2D eigenvalue weighted by Gasteiger charge is 2.40. The van der Waals surface area contributed by atoms with Gasteiger partial charge in [0.15, 0.2) is 24.7 Å². The van der Waals surface area contributed by atoms with Gasteiger partial charge < -0.3 is 4.74 Å². The maximum Gasteiger partial charge on any atom is 0.333 e. The molecule has 21 heavy (non-hydrogen) atoms. The van der Waals surface area contributed by atoms with Crippen LogP contribution in [-0.2, 0) is 9.53 Å². The highest BCUT2D eigenvalue weighted by Crippen LogP contribution is 2.23. The Morgan fingerprint density at radius 3 is 2.05 bits per heavy atom. The maximum atomic E-state index is 13.3. The Morgan fingerprint density at radius 2 is 1.57 bits per heavy atom. The average Bonchev–Trinajstić information content (AvgIpc) is 2.46. The van der Waals surface area contributed by atoms with Gasteiger partial charge in [-0.15, -0.1) is 0 Å². The predicted molar refractivity (Wildman–Crippen MR) is 65.5 cm³/mol. The molecule has 5 unspecified atom stereocenters. The van der Waals surface area contributed by atoms with Crippen LogP contribution < -0.4 is 0 Å². The molecule has 0 aromatic rings. The number of alkyl halides is 6. The normalized spacial score (nSPS) is 18.4. The van der Waals surface area contributed by atoms with E-state index in [-0.39, 0.29) is 12.0 Å². The largest absolute Gasteiger partial charge is 0.459 e. The van der Waals surface area contributed by atoms with Crippen molar-refractivity contribution in [1.82, 2.24) is 0 Å². The molecular weight excluding hydrogens is 302 g/mol. The summed E-state index contributed by atoms with van der Waals surface area (Å²) in [7, 11) is 0. The minimum Gasteiger partial charge on any atom is -0.459 e. The van der Waals surface area contributed by atoms with Gasteiger partial charge in [0.2, 0.25) is 0 Å². The van der Waals surface area contributed by atoms with Crippen LogP contribution in [0, 0.1) is 0 Å². The number of hydrogen-bond donors (Lipinski definition) is 0. The smallest absolute Gasteiger partial charge is 0.333 e. The van der Waals surface area contributed by atoms with Crippen LogP contribution >= 0.6 is 0 Å². The first-order chi connectivity index (χ1) is 9.72. The third kappa shape index (κ3) is 6.86. The third-order valence-corrected chi connectivity index (χ3v) is 2.64. The fourth-order valence-electron chi connectivity index (χ4n) is 1.38. The minimum absolute atomic E-state index is 0.0761. The number of carbonyl (C=O) groups excluding carboxylic acids is 1. The second kappa shape index (κ2) is 9.68. The van der Waals surface area contributed by atoms with E-state index in [0.717, 1.165) is 0 Å². The Hall–Kier alpha value is -1.21. The van der Waals surface area contributed by atoms with Crippen molar-refractivity contribution in [2.75, 3.05) is 13.3 Å². The molecule has 0 saturated heterocycles. The number of esters is 1. The van der Waals surface area contributed by atoms with Crippen LogP contribution in [0.3, 0.4) is 0 Å². The van der Waals surface area contributed by atoms with Crippen molar-refractivity contribution in [3.8, 4) is 0 Å². The van der Waals surface area contributed by atoms with Crippen molar-refractivity contribution in [3.63, 3.8) is 0 Å². The first-order valence-electron chi connectivity index (χ1n) is 6.31. The van der Waals surface area contributed by atoms with Gasteiger partial charge in [-0.05, 0) is 19.8 Å². The summed E-state index contributed by atoms with van der Waals surface area (Å²) in [5.74, 6) is -1.01. The maximum absolute atomic E-state index is 13.3. The fraction of sp³-hybridized carbons (Fsp3) is 0.769. The first kappa shape index (κ1) is 19.8. The molecule has 0 saturated carbocycles. The molecule has 0 spiro atoms. The number of carbonyl (C=O) groups is 1. The lowest BCUT2D eigenvalue weighted by molar-refractivity contribution is -0.142. The topological polar surface area (TPSA) is 26.3 Å². The lowest BCUT2D eigenvalue weighted by Gasteiger charge is -2.22. The van der Waals surface area contributed by atoms with Gasteiger partial charge in [-0.2, -0.15) is 0 Å². The Bertz CT molecular complexity index is 339. The zero-order chi connectivity index (χ0) is 16.6. The molecule has 0 bridgehead atoms. The summed E-state index contributed by atoms with van der Waals surface area (Å²) in [5.41, 5.74) is -0.0761. The summed E-state index contributed by atoms with van der Waals surface area (Å²) in [6.45, 7) is 2.39. The van der Waals surface area contributed by atoms with E-state index < -0.39 is 56.5 Å². The van der Waals surface area contributed by atoms with Crippen LogP contribution in [0.2, 0.25) is 0 Å². The summed E-state index contributed by atoms with van der Waals surface area (Å²) in [6, 6.07) is 0. The molecule has 0 aromatic carbocycles. The Balaban J connectivity index is 4.36. The summed E-state index contributed by atoms with van der Waals surface area (Å²) >= 11 is 0. The first-order valence-corrected chi connectivity index (χ1v) is 6.31. The molecular formula is C13H18F6O2. The summed E-state index contributed by atoms with van der Waals surface area (Å²) in [4.78, 5) is 10.9. The number of hydrogen-bond acceptors (Lipinski definition) is 2. The average molecular weight is 320 g/mol. The Kier molecular flexibility index (Phi) is 9.12. The van der Waals surface area contributed by atoms with Crippen LogP contribution in [0.1, 0.15) is 19.8 Å². The molecule has 5 atom stereocenters. The van der Waals surface area contributed by atoms with Crippen LogP contribution in [0.15, 0.2) is 12.2 Å². The van der Waals surface area contributed by atoms with E-state index in [2.05, 4.69) is 11.3 Å². The standard InChI is InChI=1S/C13H18F6O2/c1-7(2)13(20)21-6-9(16)11(18)12(19)10(17)8(15)4-3-5-14/h8-12H,1,3-6H2,2H3. The zero-order valence-corrected chi connectivity index (χ0v) is 11.5. The molecule has 0 amide bonds. The van der Waals surface area contributed by atoms with Crippen LogP contribution in [0.25, 0.3) is 0 Å². The van der Waals surface area contributed by atoms with Gasteiger partial charge in [0.25, 0.3) is 0 Å². The van der Waals surface area contributed by atoms with Crippen molar-refractivity contribution < 1.29 is 35.9 Å². The van der Waals surface area contributed by atoms with E-state index in [9.17, 15) is 31.1 Å². The van der Waals surface area contributed by atoms with Crippen molar-refractivity contribution in [1.29, 1.82) is 0 Å². The van der Waals surface area contributed by atoms with E-state index in [0.29, 0.717) is 0 Å².